The molecular weight excluding hydrogens is 456 g/mol. The number of nitrogens with one attached hydrogen (secondary N) is 2. The molecule has 11 heteroatoms. The van der Waals surface area contributed by atoms with Crippen LogP contribution in [0.3, 0.4) is 0 Å². The summed E-state index contributed by atoms with van der Waals surface area (Å²) >= 11 is 0. The van der Waals surface area contributed by atoms with Crippen molar-refractivity contribution in [3.05, 3.63) is 65.7 Å². The normalized spacial score (nSPS) is 18.7. The number of alkyl halides is 3. The van der Waals surface area contributed by atoms with E-state index in [-0.39, 0.29) is 30.2 Å². The molecule has 7 nitrogen and oxygen atoms in total. The summed E-state index contributed by atoms with van der Waals surface area (Å²) in [6.07, 6.45) is -3.20. The summed E-state index contributed by atoms with van der Waals surface area (Å²) in [6, 6.07) is 14.4. The molecule has 0 saturated carbocycles. The number of aromatic amines is 1. The van der Waals surface area contributed by atoms with Gasteiger partial charge in [0.25, 0.3) is 0 Å². The van der Waals surface area contributed by atoms with Gasteiger partial charge in [0, 0.05) is 12.6 Å². The second-order valence-electron chi connectivity index (χ2n) is 8.03. The quantitative estimate of drug-likeness (QED) is 0.493. The molecule has 34 heavy (non-hydrogen) atoms. The maximum Gasteiger partial charge on any atom is 0.490 e. The summed E-state index contributed by atoms with van der Waals surface area (Å²) in [6.45, 7) is 0.882. The largest absolute Gasteiger partial charge is 0.490 e. The monoisotopic (exact) mass is 480 g/mol. The van der Waals surface area contributed by atoms with Crippen molar-refractivity contribution in [1.29, 1.82) is 0 Å². The van der Waals surface area contributed by atoms with Gasteiger partial charge in [-0.2, -0.15) is 13.2 Å². The van der Waals surface area contributed by atoms with Crippen LogP contribution in [0.1, 0.15) is 30.3 Å². The number of hydrogen-bond donors (Lipinski definition) is 3. The van der Waals surface area contributed by atoms with Crippen LogP contribution in [-0.4, -0.2) is 57.7 Å². The third-order valence-corrected chi connectivity index (χ3v) is 5.45. The number of likely N-dealkylation sites (tertiary alicyclic amines) is 1. The van der Waals surface area contributed by atoms with Crippen molar-refractivity contribution >= 4 is 22.9 Å². The molecular formula is C23H24F4N4O3. The Balaban J connectivity index is 0.000000406. The molecule has 0 bridgehead atoms. The molecule has 3 N–H and O–H groups in total. The lowest BCUT2D eigenvalue weighted by molar-refractivity contribution is -0.192. The van der Waals surface area contributed by atoms with E-state index >= 15 is 0 Å². The van der Waals surface area contributed by atoms with E-state index in [1.54, 1.807) is 12.1 Å². The fourth-order valence-electron chi connectivity index (χ4n) is 3.78. The number of aliphatic carboxylic acids is 1. The third kappa shape index (κ3) is 6.77. The second kappa shape index (κ2) is 10.6. The number of piperidine rings is 1. The van der Waals surface area contributed by atoms with Crippen LogP contribution >= 0.6 is 0 Å². The van der Waals surface area contributed by atoms with Crippen molar-refractivity contribution in [3.8, 4) is 0 Å². The summed E-state index contributed by atoms with van der Waals surface area (Å²) in [7, 11) is 2.09. The number of carbonyl (C=O) groups is 2. The van der Waals surface area contributed by atoms with Crippen LogP contribution in [0.25, 0.3) is 11.0 Å². The smallest absolute Gasteiger partial charge is 0.475 e. The zero-order valence-corrected chi connectivity index (χ0v) is 18.3. The van der Waals surface area contributed by atoms with Crippen molar-refractivity contribution in [3.63, 3.8) is 0 Å². The Labute approximate surface area is 192 Å². The SMILES string of the molecule is CN1CC[C@@H](NC(=O)Cc2cccc(F)c2)C[C@@H]1c1nc2ccccc2[nH]1.O=C(O)C(F)(F)F. The number of carbonyl (C=O) groups excluding carboxylic acids is 1. The molecule has 2 atom stereocenters. The van der Waals surface area contributed by atoms with Crippen LogP contribution in [-0.2, 0) is 16.0 Å². The number of hydrogen-bond acceptors (Lipinski definition) is 4. The summed E-state index contributed by atoms with van der Waals surface area (Å²) in [5, 5.41) is 10.2. The van der Waals surface area contributed by atoms with E-state index < -0.39 is 12.1 Å². The highest BCUT2D eigenvalue weighted by Crippen LogP contribution is 2.29. The highest BCUT2D eigenvalue weighted by molar-refractivity contribution is 5.79. The van der Waals surface area contributed by atoms with Gasteiger partial charge in [-0.15, -0.1) is 0 Å². The number of carboxylic acid groups (broad SMARTS) is 1. The molecule has 0 unspecified atom stereocenters. The minimum Gasteiger partial charge on any atom is -0.475 e. The van der Waals surface area contributed by atoms with E-state index in [2.05, 4.69) is 22.2 Å². The standard InChI is InChI=1S/C21H23FN4O.C2HF3O2/c1-26-10-9-16(23-20(27)12-14-5-4-6-15(22)11-14)13-19(26)21-24-17-7-2-3-8-18(17)25-21;3-2(4,5)1(6)7/h2-8,11,16,19H,9-10,12-13H2,1H3,(H,23,27)(H,24,25);(H,6,7)/t16-,19-;/m1./s1. The van der Waals surface area contributed by atoms with Crippen molar-refractivity contribution in [2.75, 3.05) is 13.6 Å². The Morgan fingerprint density at radius 1 is 1.21 bits per heavy atom. The molecule has 1 aromatic heterocycles. The molecule has 1 aliphatic rings. The fraction of sp³-hybridized carbons (Fsp3) is 0.348. The van der Waals surface area contributed by atoms with E-state index in [1.807, 2.05) is 24.3 Å². The predicted octanol–water partition coefficient (Wildman–Crippen LogP) is 3.83. The number of fused-ring (bicyclic) bond motifs is 1. The van der Waals surface area contributed by atoms with Gasteiger partial charge >= 0.3 is 12.1 Å². The summed E-state index contributed by atoms with van der Waals surface area (Å²) in [4.78, 5) is 31.7. The molecule has 0 aliphatic carbocycles. The number of benzene rings is 2. The van der Waals surface area contributed by atoms with Gasteiger partial charge in [0.1, 0.15) is 11.6 Å². The van der Waals surface area contributed by atoms with Crippen molar-refractivity contribution in [2.45, 2.75) is 37.5 Å². The zero-order chi connectivity index (χ0) is 24.9. The van der Waals surface area contributed by atoms with Gasteiger partial charge < -0.3 is 15.4 Å². The highest BCUT2D eigenvalue weighted by atomic mass is 19.4. The lowest BCUT2D eigenvalue weighted by Crippen LogP contribution is -2.45. The molecule has 1 amide bonds. The van der Waals surface area contributed by atoms with E-state index in [0.717, 1.165) is 36.2 Å². The summed E-state index contributed by atoms with van der Waals surface area (Å²) in [5.74, 6) is -2.21. The molecule has 1 aliphatic heterocycles. The number of nitrogens with zero attached hydrogens (tertiary/aromatic N) is 2. The van der Waals surface area contributed by atoms with Crippen LogP contribution in [0.5, 0.6) is 0 Å². The van der Waals surface area contributed by atoms with E-state index in [9.17, 15) is 22.4 Å². The number of rotatable bonds is 4. The molecule has 2 aromatic carbocycles. The third-order valence-electron chi connectivity index (χ3n) is 5.45. The molecule has 4 rings (SSSR count). The Morgan fingerprint density at radius 3 is 2.56 bits per heavy atom. The lowest BCUT2D eigenvalue weighted by Gasteiger charge is -2.36. The van der Waals surface area contributed by atoms with E-state index in [4.69, 9.17) is 14.9 Å². The van der Waals surface area contributed by atoms with Gasteiger partial charge in [-0.3, -0.25) is 9.69 Å². The van der Waals surface area contributed by atoms with Crippen molar-refractivity contribution in [1.82, 2.24) is 20.2 Å². The highest BCUT2D eigenvalue weighted by Gasteiger charge is 2.38. The van der Waals surface area contributed by atoms with Crippen molar-refractivity contribution in [2.24, 2.45) is 0 Å². The molecule has 1 fully saturated rings. The zero-order valence-electron chi connectivity index (χ0n) is 18.3. The van der Waals surface area contributed by atoms with E-state index in [0.29, 0.717) is 5.56 Å². The Bertz CT molecular complexity index is 1120. The van der Waals surface area contributed by atoms with Gasteiger partial charge in [-0.1, -0.05) is 24.3 Å². The lowest BCUT2D eigenvalue weighted by atomic mass is 9.96. The molecule has 0 spiro atoms. The maximum atomic E-state index is 13.3. The second-order valence-corrected chi connectivity index (χ2v) is 8.03. The van der Waals surface area contributed by atoms with Gasteiger partial charge in [0.15, 0.2) is 0 Å². The molecule has 3 aromatic rings. The predicted molar refractivity (Wildman–Crippen MR) is 116 cm³/mol. The average molecular weight is 480 g/mol. The van der Waals surface area contributed by atoms with Gasteiger partial charge in [0.2, 0.25) is 5.91 Å². The molecule has 0 radical (unpaired) electrons. The first-order chi connectivity index (χ1) is 16.0. The first kappa shape index (κ1) is 25.2. The average Bonchev–Trinajstić information content (AvgIpc) is 3.19. The summed E-state index contributed by atoms with van der Waals surface area (Å²) < 4.78 is 45.0. The van der Waals surface area contributed by atoms with Crippen LogP contribution in [0.2, 0.25) is 0 Å². The van der Waals surface area contributed by atoms with Crippen LogP contribution in [0, 0.1) is 5.82 Å². The molecule has 2 heterocycles. The Morgan fingerprint density at radius 2 is 1.91 bits per heavy atom. The minimum atomic E-state index is -5.08. The topological polar surface area (TPSA) is 98.3 Å². The van der Waals surface area contributed by atoms with Crippen molar-refractivity contribution < 1.29 is 32.3 Å². The molecule has 182 valence electrons. The number of para-hydroxylation sites is 2. The van der Waals surface area contributed by atoms with Crippen LogP contribution < -0.4 is 5.32 Å². The van der Waals surface area contributed by atoms with E-state index in [1.165, 1.54) is 12.1 Å². The first-order valence-corrected chi connectivity index (χ1v) is 10.5. The number of imidazole rings is 1. The maximum absolute atomic E-state index is 13.3. The minimum absolute atomic E-state index is 0.0708. The Hall–Kier alpha value is -3.47. The number of halogens is 4. The van der Waals surface area contributed by atoms with Crippen LogP contribution in [0.15, 0.2) is 48.5 Å². The first-order valence-electron chi connectivity index (χ1n) is 10.5. The van der Waals surface area contributed by atoms with Crippen LogP contribution in [0.4, 0.5) is 17.6 Å². The van der Waals surface area contributed by atoms with Gasteiger partial charge in [0.05, 0.1) is 23.5 Å². The number of H-pyrrole nitrogens is 1. The fourth-order valence-corrected chi connectivity index (χ4v) is 3.78. The van der Waals surface area contributed by atoms with Gasteiger partial charge in [-0.05, 0) is 49.7 Å². The number of amides is 1. The number of aromatic nitrogens is 2. The molecule has 1 saturated heterocycles. The number of carboxylic acids is 1. The van der Waals surface area contributed by atoms with Gasteiger partial charge in [-0.25, -0.2) is 14.2 Å². The summed E-state index contributed by atoms with van der Waals surface area (Å²) in [5.41, 5.74) is 2.67. The Kier molecular flexibility index (Phi) is 7.87.